The van der Waals surface area contributed by atoms with Crippen molar-refractivity contribution in [2.45, 2.75) is 25.7 Å². The molecule has 0 aliphatic rings. The summed E-state index contributed by atoms with van der Waals surface area (Å²) in [6.45, 7) is 0. The fraction of sp³-hybridized carbons (Fsp3) is 0.333. The fourth-order valence-corrected chi connectivity index (χ4v) is 4.12. The van der Waals surface area contributed by atoms with E-state index in [4.69, 9.17) is 5.11 Å². The molecular formula is C12H10Br4N2O2. The average molecular weight is 534 g/mol. The summed E-state index contributed by atoms with van der Waals surface area (Å²) < 4.78 is 3.61. The average Bonchev–Trinajstić information content (AvgIpc) is 2.83. The van der Waals surface area contributed by atoms with Crippen LogP contribution in [0.3, 0.4) is 0 Å². The summed E-state index contributed by atoms with van der Waals surface area (Å²) in [4.78, 5) is 18.3. The first-order valence-corrected chi connectivity index (χ1v) is 9.01. The van der Waals surface area contributed by atoms with Gasteiger partial charge < -0.3 is 10.1 Å². The van der Waals surface area contributed by atoms with Gasteiger partial charge in [-0.05, 0) is 76.6 Å². The zero-order valence-electron chi connectivity index (χ0n) is 10.1. The molecule has 0 spiro atoms. The lowest BCUT2D eigenvalue weighted by atomic mass is 10.2. The minimum absolute atomic E-state index is 0.199. The molecule has 0 radical (unpaired) electrons. The van der Waals surface area contributed by atoms with Crippen molar-refractivity contribution in [1.82, 2.24) is 9.97 Å². The van der Waals surface area contributed by atoms with E-state index in [1.807, 2.05) is 0 Å². The quantitative estimate of drug-likeness (QED) is 0.307. The summed E-state index contributed by atoms with van der Waals surface area (Å²) >= 11 is 14.1. The molecule has 0 saturated carbocycles. The molecule has 0 aliphatic carbocycles. The largest absolute Gasteiger partial charge is 0.481 e. The lowest BCUT2D eigenvalue weighted by molar-refractivity contribution is -0.137. The Hall–Kier alpha value is 0.0800. The van der Waals surface area contributed by atoms with Gasteiger partial charge in [-0.2, -0.15) is 0 Å². The Bertz CT molecular complexity index is 624. The second-order valence-corrected chi connectivity index (χ2v) is 7.44. The van der Waals surface area contributed by atoms with Crippen LogP contribution in [0, 0.1) is 0 Å². The number of unbranched alkanes of at least 4 members (excludes halogenated alkanes) is 1. The van der Waals surface area contributed by atoms with Gasteiger partial charge in [0.25, 0.3) is 0 Å². The van der Waals surface area contributed by atoms with Gasteiger partial charge in [0.2, 0.25) is 0 Å². The van der Waals surface area contributed by atoms with E-state index >= 15 is 0 Å². The number of nitrogens with one attached hydrogen (secondary N) is 1. The van der Waals surface area contributed by atoms with E-state index in [0.29, 0.717) is 6.42 Å². The molecule has 0 atom stereocenters. The number of hydrogen-bond donors (Lipinski definition) is 2. The monoisotopic (exact) mass is 530 g/mol. The lowest BCUT2D eigenvalue weighted by Gasteiger charge is -2.03. The molecule has 1 aromatic heterocycles. The van der Waals surface area contributed by atoms with Crippen LogP contribution >= 0.6 is 63.7 Å². The van der Waals surface area contributed by atoms with Crippen LogP contribution in [0.5, 0.6) is 0 Å². The maximum atomic E-state index is 10.5. The van der Waals surface area contributed by atoms with Gasteiger partial charge in [0.1, 0.15) is 11.3 Å². The second kappa shape index (κ2) is 6.89. The molecule has 108 valence electrons. The fourth-order valence-electron chi connectivity index (χ4n) is 1.83. The predicted octanol–water partition coefficient (Wildman–Crippen LogP) is 5.41. The number of benzene rings is 1. The number of rotatable bonds is 5. The highest BCUT2D eigenvalue weighted by molar-refractivity contribution is 9.15. The van der Waals surface area contributed by atoms with Crippen molar-refractivity contribution in [2.75, 3.05) is 0 Å². The molecule has 0 amide bonds. The number of carbonyl (C=O) groups is 1. The van der Waals surface area contributed by atoms with Gasteiger partial charge in [0, 0.05) is 21.8 Å². The van der Waals surface area contributed by atoms with Crippen LogP contribution in [0.15, 0.2) is 17.9 Å². The topological polar surface area (TPSA) is 66.0 Å². The molecule has 0 bridgehead atoms. The number of aryl methyl sites for hydroxylation is 1. The summed E-state index contributed by atoms with van der Waals surface area (Å²) in [7, 11) is 0. The van der Waals surface area contributed by atoms with E-state index in [9.17, 15) is 4.79 Å². The number of H-pyrrole nitrogens is 1. The molecule has 8 heteroatoms. The minimum Gasteiger partial charge on any atom is -0.481 e. The number of aromatic amines is 1. The first-order chi connectivity index (χ1) is 9.41. The molecule has 0 saturated heterocycles. The number of fused-ring (bicyclic) bond motifs is 1. The van der Waals surface area contributed by atoms with Crippen molar-refractivity contribution in [1.29, 1.82) is 0 Å². The second-order valence-electron chi connectivity index (χ2n) is 4.26. The number of aromatic nitrogens is 2. The third-order valence-corrected chi connectivity index (χ3v) is 7.56. The number of hydrogen-bond acceptors (Lipinski definition) is 2. The highest BCUT2D eigenvalue weighted by Gasteiger charge is 2.17. The van der Waals surface area contributed by atoms with E-state index in [-0.39, 0.29) is 6.42 Å². The standard InChI is InChI=1S/C12H10Br4N2O2/c13-7-8(14)10(16)12-11(9(7)15)17-5(18-12)3-1-2-4-6(19)20/h1-4H2,(H,17,18)(H,19,20). The van der Waals surface area contributed by atoms with Crippen LogP contribution in [0.4, 0.5) is 0 Å². The molecule has 0 aliphatic heterocycles. The molecule has 0 fully saturated rings. The van der Waals surface area contributed by atoms with Gasteiger partial charge in [0.05, 0.1) is 14.5 Å². The number of carboxylic acids is 1. The molecular weight excluding hydrogens is 524 g/mol. The summed E-state index contributed by atoms with van der Waals surface area (Å²) in [5.74, 6) is 0.102. The number of nitrogens with zero attached hydrogens (tertiary/aromatic N) is 1. The first kappa shape index (κ1) is 16.5. The first-order valence-electron chi connectivity index (χ1n) is 5.84. The molecule has 0 unspecified atom stereocenters. The van der Waals surface area contributed by atoms with Crippen molar-refractivity contribution in [2.24, 2.45) is 0 Å². The third kappa shape index (κ3) is 3.45. The number of aliphatic carboxylic acids is 1. The minimum atomic E-state index is -0.757. The smallest absolute Gasteiger partial charge is 0.303 e. The third-order valence-electron chi connectivity index (χ3n) is 2.81. The zero-order chi connectivity index (χ0) is 14.9. The Morgan fingerprint density at radius 1 is 1.05 bits per heavy atom. The number of imidazole rings is 1. The maximum Gasteiger partial charge on any atom is 0.303 e. The van der Waals surface area contributed by atoms with Gasteiger partial charge in [0.15, 0.2) is 0 Å². The highest BCUT2D eigenvalue weighted by Crippen LogP contribution is 2.42. The Balaban J connectivity index is 2.23. The Labute approximate surface area is 149 Å². The van der Waals surface area contributed by atoms with Crippen molar-refractivity contribution in [3.05, 3.63) is 23.7 Å². The van der Waals surface area contributed by atoms with E-state index in [2.05, 4.69) is 73.7 Å². The molecule has 2 aromatic rings. The van der Waals surface area contributed by atoms with Crippen LogP contribution in [0.25, 0.3) is 11.0 Å². The summed E-state index contributed by atoms with van der Waals surface area (Å²) in [5.41, 5.74) is 1.76. The van der Waals surface area contributed by atoms with E-state index in [0.717, 1.165) is 47.6 Å². The summed E-state index contributed by atoms with van der Waals surface area (Å²) in [6.07, 6.45) is 2.38. The van der Waals surface area contributed by atoms with Crippen molar-refractivity contribution in [3.8, 4) is 0 Å². The van der Waals surface area contributed by atoms with Crippen LogP contribution in [0.2, 0.25) is 0 Å². The van der Waals surface area contributed by atoms with Gasteiger partial charge in [-0.3, -0.25) is 4.79 Å². The molecule has 4 nitrogen and oxygen atoms in total. The molecule has 1 aromatic carbocycles. The summed E-state index contributed by atoms with van der Waals surface area (Å²) in [5, 5.41) is 8.61. The van der Waals surface area contributed by atoms with Gasteiger partial charge in [-0.25, -0.2) is 4.98 Å². The Morgan fingerprint density at radius 2 is 1.70 bits per heavy atom. The molecule has 2 N–H and O–H groups in total. The lowest BCUT2D eigenvalue weighted by Crippen LogP contribution is -1.95. The van der Waals surface area contributed by atoms with E-state index < -0.39 is 5.97 Å². The maximum absolute atomic E-state index is 10.5. The molecule has 2 rings (SSSR count). The SMILES string of the molecule is O=C(O)CCCCc1nc2c(Br)c(Br)c(Br)c(Br)c2[nH]1. The Kier molecular flexibility index (Phi) is 5.67. The van der Waals surface area contributed by atoms with E-state index in [1.54, 1.807) is 0 Å². The van der Waals surface area contributed by atoms with E-state index in [1.165, 1.54) is 0 Å². The normalized spacial score (nSPS) is 11.2. The summed E-state index contributed by atoms with van der Waals surface area (Å²) in [6, 6.07) is 0. The number of carboxylic acid groups (broad SMARTS) is 1. The van der Waals surface area contributed by atoms with Crippen molar-refractivity contribution in [3.63, 3.8) is 0 Å². The molecule has 20 heavy (non-hydrogen) atoms. The van der Waals surface area contributed by atoms with Crippen LogP contribution in [0.1, 0.15) is 25.1 Å². The number of halogens is 4. The predicted molar refractivity (Wildman–Crippen MR) is 92.1 cm³/mol. The van der Waals surface area contributed by atoms with Crippen LogP contribution in [-0.4, -0.2) is 21.0 Å². The van der Waals surface area contributed by atoms with Gasteiger partial charge in [-0.1, -0.05) is 0 Å². The molecule has 1 heterocycles. The van der Waals surface area contributed by atoms with Crippen LogP contribution in [-0.2, 0) is 11.2 Å². The zero-order valence-corrected chi connectivity index (χ0v) is 16.5. The van der Waals surface area contributed by atoms with Crippen molar-refractivity contribution < 1.29 is 9.90 Å². The van der Waals surface area contributed by atoms with Crippen molar-refractivity contribution >= 4 is 80.7 Å². The van der Waals surface area contributed by atoms with Gasteiger partial charge >= 0.3 is 5.97 Å². The highest BCUT2D eigenvalue weighted by atomic mass is 79.9. The Morgan fingerprint density at radius 3 is 2.35 bits per heavy atom. The van der Waals surface area contributed by atoms with Crippen LogP contribution < -0.4 is 0 Å². The van der Waals surface area contributed by atoms with Gasteiger partial charge in [-0.15, -0.1) is 0 Å².